The fourth-order valence-electron chi connectivity index (χ4n) is 3.71. The van der Waals surface area contributed by atoms with E-state index in [-0.39, 0.29) is 17.4 Å². The molecule has 34 heavy (non-hydrogen) atoms. The number of hydrogen-bond donors (Lipinski definition) is 1. The fraction of sp³-hybridized carbons (Fsp3) is 0.500. The van der Waals surface area contributed by atoms with E-state index in [4.69, 9.17) is 9.47 Å². The Morgan fingerprint density at radius 1 is 0.971 bits per heavy atom. The SMILES string of the molecule is CCOc1ccc(CCC(=O)N(Cc2cccc(C)c2)C(C)C(=O)NC(C)(C)C)cc1OCC. The highest BCUT2D eigenvalue weighted by Crippen LogP contribution is 2.29. The lowest BCUT2D eigenvalue weighted by Crippen LogP contribution is -2.52. The molecule has 0 radical (unpaired) electrons. The average molecular weight is 469 g/mol. The van der Waals surface area contributed by atoms with Crippen LogP contribution in [0.15, 0.2) is 42.5 Å². The van der Waals surface area contributed by atoms with Gasteiger partial charge in [-0.2, -0.15) is 0 Å². The van der Waals surface area contributed by atoms with Gasteiger partial charge in [-0.25, -0.2) is 0 Å². The summed E-state index contributed by atoms with van der Waals surface area (Å²) in [6.07, 6.45) is 0.835. The normalized spacial score (nSPS) is 12.1. The number of ether oxygens (including phenoxy) is 2. The minimum absolute atomic E-state index is 0.0649. The number of rotatable bonds is 11. The van der Waals surface area contributed by atoms with Gasteiger partial charge < -0.3 is 19.7 Å². The highest BCUT2D eigenvalue weighted by Gasteiger charge is 2.28. The summed E-state index contributed by atoms with van der Waals surface area (Å²) in [6, 6.07) is 13.2. The summed E-state index contributed by atoms with van der Waals surface area (Å²) in [5.74, 6) is 1.16. The predicted molar refractivity (Wildman–Crippen MR) is 136 cm³/mol. The molecule has 0 heterocycles. The minimum Gasteiger partial charge on any atom is -0.490 e. The van der Waals surface area contributed by atoms with Gasteiger partial charge in [0, 0.05) is 18.5 Å². The van der Waals surface area contributed by atoms with Crippen molar-refractivity contribution in [1.29, 1.82) is 0 Å². The zero-order valence-electron chi connectivity index (χ0n) is 21.7. The number of aryl methyl sites for hydroxylation is 2. The largest absolute Gasteiger partial charge is 0.490 e. The zero-order valence-corrected chi connectivity index (χ0v) is 21.7. The van der Waals surface area contributed by atoms with Gasteiger partial charge in [0.2, 0.25) is 11.8 Å². The summed E-state index contributed by atoms with van der Waals surface area (Å²) < 4.78 is 11.4. The number of amides is 2. The van der Waals surface area contributed by atoms with Crippen LogP contribution in [0.5, 0.6) is 11.5 Å². The van der Waals surface area contributed by atoms with Crippen molar-refractivity contribution in [2.75, 3.05) is 13.2 Å². The first-order valence-corrected chi connectivity index (χ1v) is 12.1. The molecular weight excluding hydrogens is 428 g/mol. The fourth-order valence-corrected chi connectivity index (χ4v) is 3.71. The van der Waals surface area contributed by atoms with E-state index in [2.05, 4.69) is 11.4 Å². The maximum absolute atomic E-state index is 13.4. The van der Waals surface area contributed by atoms with Gasteiger partial charge in [0.25, 0.3) is 0 Å². The van der Waals surface area contributed by atoms with E-state index in [0.29, 0.717) is 44.1 Å². The van der Waals surface area contributed by atoms with Crippen LogP contribution in [0.3, 0.4) is 0 Å². The van der Waals surface area contributed by atoms with Crippen molar-refractivity contribution < 1.29 is 19.1 Å². The van der Waals surface area contributed by atoms with Crippen LogP contribution in [0.1, 0.15) is 64.7 Å². The first-order valence-electron chi connectivity index (χ1n) is 12.1. The molecular formula is C28H40N2O4. The maximum Gasteiger partial charge on any atom is 0.242 e. The van der Waals surface area contributed by atoms with Crippen molar-refractivity contribution in [3.63, 3.8) is 0 Å². The third kappa shape index (κ3) is 8.40. The molecule has 0 saturated heterocycles. The molecule has 1 unspecified atom stereocenters. The van der Waals surface area contributed by atoms with E-state index in [1.165, 1.54) is 0 Å². The molecule has 0 spiro atoms. The third-order valence-corrected chi connectivity index (χ3v) is 5.34. The van der Waals surface area contributed by atoms with Crippen molar-refractivity contribution in [3.8, 4) is 11.5 Å². The summed E-state index contributed by atoms with van der Waals surface area (Å²) in [5.41, 5.74) is 2.74. The highest BCUT2D eigenvalue weighted by molar-refractivity contribution is 5.87. The number of carbonyl (C=O) groups excluding carboxylic acids is 2. The van der Waals surface area contributed by atoms with E-state index in [9.17, 15) is 9.59 Å². The van der Waals surface area contributed by atoms with Crippen LogP contribution in [-0.4, -0.2) is 41.5 Å². The zero-order chi connectivity index (χ0) is 25.3. The third-order valence-electron chi connectivity index (χ3n) is 5.34. The predicted octanol–water partition coefficient (Wildman–Crippen LogP) is 5.06. The first-order chi connectivity index (χ1) is 16.0. The summed E-state index contributed by atoms with van der Waals surface area (Å²) in [7, 11) is 0. The van der Waals surface area contributed by atoms with Gasteiger partial charge in [-0.3, -0.25) is 9.59 Å². The van der Waals surface area contributed by atoms with Gasteiger partial charge in [-0.1, -0.05) is 35.9 Å². The van der Waals surface area contributed by atoms with E-state index in [1.807, 2.05) is 77.9 Å². The molecule has 186 valence electrons. The van der Waals surface area contributed by atoms with Gasteiger partial charge in [0.05, 0.1) is 13.2 Å². The second kappa shape index (κ2) is 12.4. The van der Waals surface area contributed by atoms with E-state index in [0.717, 1.165) is 16.7 Å². The molecule has 0 fully saturated rings. The van der Waals surface area contributed by atoms with Crippen LogP contribution >= 0.6 is 0 Å². The Hall–Kier alpha value is -3.02. The molecule has 6 heteroatoms. The Morgan fingerprint density at radius 3 is 2.26 bits per heavy atom. The van der Waals surface area contributed by atoms with E-state index < -0.39 is 6.04 Å². The van der Waals surface area contributed by atoms with Crippen LogP contribution in [0, 0.1) is 6.92 Å². The van der Waals surface area contributed by atoms with Crippen molar-refractivity contribution in [1.82, 2.24) is 10.2 Å². The van der Waals surface area contributed by atoms with Gasteiger partial charge in [-0.05, 0) is 78.1 Å². The Kier molecular flexibility index (Phi) is 9.97. The molecule has 2 amide bonds. The van der Waals surface area contributed by atoms with E-state index in [1.54, 1.807) is 11.8 Å². The Balaban J connectivity index is 2.20. The molecule has 0 aromatic heterocycles. The minimum atomic E-state index is -0.591. The Morgan fingerprint density at radius 2 is 1.65 bits per heavy atom. The lowest BCUT2D eigenvalue weighted by atomic mass is 10.1. The average Bonchev–Trinajstić information content (AvgIpc) is 2.76. The highest BCUT2D eigenvalue weighted by atomic mass is 16.5. The van der Waals surface area contributed by atoms with Crippen LogP contribution in [0.25, 0.3) is 0 Å². The molecule has 2 aromatic rings. The summed E-state index contributed by atoms with van der Waals surface area (Å²) >= 11 is 0. The number of carbonyl (C=O) groups is 2. The topological polar surface area (TPSA) is 67.9 Å². The molecule has 1 atom stereocenters. The molecule has 2 rings (SSSR count). The van der Waals surface area contributed by atoms with Gasteiger partial charge in [0.1, 0.15) is 6.04 Å². The number of benzene rings is 2. The summed E-state index contributed by atoms with van der Waals surface area (Å²) in [5, 5.41) is 3.00. The molecule has 0 aliphatic rings. The van der Waals surface area contributed by atoms with Gasteiger partial charge in [-0.15, -0.1) is 0 Å². The van der Waals surface area contributed by atoms with Gasteiger partial charge in [0.15, 0.2) is 11.5 Å². The molecule has 0 aliphatic carbocycles. The monoisotopic (exact) mass is 468 g/mol. The van der Waals surface area contributed by atoms with Crippen molar-refractivity contribution in [3.05, 3.63) is 59.2 Å². The smallest absolute Gasteiger partial charge is 0.242 e. The number of hydrogen-bond acceptors (Lipinski definition) is 4. The molecule has 2 aromatic carbocycles. The molecule has 6 nitrogen and oxygen atoms in total. The number of nitrogens with one attached hydrogen (secondary N) is 1. The summed E-state index contributed by atoms with van der Waals surface area (Å²) in [6.45, 7) is 15.0. The molecule has 0 bridgehead atoms. The Bertz CT molecular complexity index is 965. The second-order valence-corrected chi connectivity index (χ2v) is 9.57. The molecule has 1 N–H and O–H groups in total. The van der Waals surface area contributed by atoms with Crippen LogP contribution in [0.4, 0.5) is 0 Å². The lowest BCUT2D eigenvalue weighted by molar-refractivity contribution is -0.141. The second-order valence-electron chi connectivity index (χ2n) is 9.57. The van der Waals surface area contributed by atoms with Crippen LogP contribution in [-0.2, 0) is 22.6 Å². The lowest BCUT2D eigenvalue weighted by Gasteiger charge is -2.31. The van der Waals surface area contributed by atoms with Crippen LogP contribution < -0.4 is 14.8 Å². The van der Waals surface area contributed by atoms with Gasteiger partial charge >= 0.3 is 0 Å². The quantitative estimate of drug-likeness (QED) is 0.501. The number of nitrogens with zero attached hydrogens (tertiary/aromatic N) is 1. The Labute approximate surface area is 204 Å². The van der Waals surface area contributed by atoms with Crippen molar-refractivity contribution in [2.45, 2.75) is 79.4 Å². The van der Waals surface area contributed by atoms with Crippen LogP contribution in [0.2, 0.25) is 0 Å². The van der Waals surface area contributed by atoms with E-state index >= 15 is 0 Å². The summed E-state index contributed by atoms with van der Waals surface area (Å²) in [4.78, 5) is 28.0. The molecule has 0 aliphatic heterocycles. The van der Waals surface area contributed by atoms with Crippen molar-refractivity contribution >= 4 is 11.8 Å². The standard InChI is InChI=1S/C28H40N2O4/c1-8-33-24-15-13-22(18-25(24)34-9-2)14-16-26(31)30(19-23-12-10-11-20(3)17-23)21(4)27(32)29-28(5,6)7/h10-13,15,17-18,21H,8-9,14,16,19H2,1-7H3,(H,29,32). The maximum atomic E-state index is 13.4. The van der Waals surface area contributed by atoms with Crippen molar-refractivity contribution in [2.24, 2.45) is 0 Å². The first kappa shape index (κ1) is 27.2. The molecule has 0 saturated carbocycles.